The van der Waals surface area contributed by atoms with Gasteiger partial charge in [0.05, 0.1) is 18.3 Å². The lowest BCUT2D eigenvalue weighted by molar-refractivity contribution is 0.100. The van der Waals surface area contributed by atoms with Crippen molar-refractivity contribution in [2.24, 2.45) is 5.73 Å². The zero-order valence-electron chi connectivity index (χ0n) is 14.8. The van der Waals surface area contributed by atoms with Crippen LogP contribution in [0.3, 0.4) is 0 Å². The minimum absolute atomic E-state index is 0.0452. The molecule has 0 unspecified atom stereocenters. The smallest absolute Gasteiger partial charge is 0.274 e. The average Bonchev–Trinajstić information content (AvgIpc) is 3.31. The molecule has 2 atom stereocenters. The van der Waals surface area contributed by atoms with Crippen LogP contribution in [0, 0.1) is 0 Å². The molecule has 3 aromatic rings. The predicted octanol–water partition coefficient (Wildman–Crippen LogP) is 0.735. The molecular weight excluding hydrogens is 350 g/mol. The fourth-order valence-electron chi connectivity index (χ4n) is 3.09. The Bertz CT molecular complexity index is 1090. The third-order valence-electron chi connectivity index (χ3n) is 4.59. The number of carbonyl (C=O) groups is 1. The van der Waals surface area contributed by atoms with E-state index < -0.39 is 5.91 Å². The zero-order valence-corrected chi connectivity index (χ0v) is 14.8. The Morgan fingerprint density at radius 1 is 1.44 bits per heavy atom. The highest BCUT2D eigenvalue weighted by atomic mass is 16.5. The molecule has 1 fully saturated rings. The Morgan fingerprint density at radius 2 is 2.26 bits per heavy atom. The summed E-state index contributed by atoms with van der Waals surface area (Å²) in [6, 6.07) is 5.21. The van der Waals surface area contributed by atoms with E-state index in [0.29, 0.717) is 23.0 Å². The number of hydrogen-bond donors (Lipinski definition) is 3. The SMILES string of the molecule is CNc1cc(Nc2cccn([C@H]3C[C@@H]3OC)c2=O)nc2c(C(N)=O)cnn12. The van der Waals surface area contributed by atoms with Crippen molar-refractivity contribution < 1.29 is 9.53 Å². The monoisotopic (exact) mass is 369 g/mol. The molecule has 0 radical (unpaired) electrons. The van der Waals surface area contributed by atoms with Gasteiger partial charge in [0.1, 0.15) is 22.9 Å². The maximum absolute atomic E-state index is 12.8. The molecule has 1 aliphatic rings. The minimum atomic E-state index is -0.627. The fourth-order valence-corrected chi connectivity index (χ4v) is 3.09. The molecule has 0 spiro atoms. The van der Waals surface area contributed by atoms with Gasteiger partial charge in [-0.3, -0.25) is 9.59 Å². The summed E-state index contributed by atoms with van der Waals surface area (Å²) in [7, 11) is 3.36. The molecule has 4 rings (SSSR count). The van der Waals surface area contributed by atoms with Crippen molar-refractivity contribution >= 4 is 28.9 Å². The number of amides is 1. The molecule has 0 aliphatic heterocycles. The first-order chi connectivity index (χ1) is 13.0. The number of primary amides is 1. The summed E-state index contributed by atoms with van der Waals surface area (Å²) >= 11 is 0. The quantitative estimate of drug-likeness (QED) is 0.584. The first kappa shape index (κ1) is 17.0. The van der Waals surface area contributed by atoms with E-state index in [4.69, 9.17) is 10.5 Å². The number of anilines is 3. The second-order valence-electron chi connectivity index (χ2n) is 6.27. The lowest BCUT2D eigenvalue weighted by atomic mass is 10.3. The molecule has 140 valence electrons. The van der Waals surface area contributed by atoms with Crippen molar-refractivity contribution in [2.45, 2.75) is 18.6 Å². The van der Waals surface area contributed by atoms with Crippen LogP contribution in [-0.4, -0.2) is 45.3 Å². The molecule has 0 bridgehead atoms. The predicted molar refractivity (Wildman–Crippen MR) is 99.5 cm³/mol. The number of rotatable bonds is 6. The molecule has 10 heteroatoms. The highest BCUT2D eigenvalue weighted by molar-refractivity contribution is 5.98. The molecular formula is C17H19N7O3. The molecule has 10 nitrogen and oxygen atoms in total. The largest absolute Gasteiger partial charge is 0.379 e. The van der Waals surface area contributed by atoms with E-state index in [1.165, 1.54) is 10.7 Å². The van der Waals surface area contributed by atoms with Crippen LogP contribution in [0.15, 0.2) is 35.4 Å². The zero-order chi connectivity index (χ0) is 19.1. The summed E-state index contributed by atoms with van der Waals surface area (Å²) in [5, 5.41) is 10.1. The second kappa shape index (κ2) is 6.40. The highest BCUT2D eigenvalue weighted by Crippen LogP contribution is 2.37. The number of methoxy groups -OCH3 is 1. The van der Waals surface area contributed by atoms with Gasteiger partial charge in [-0.1, -0.05) is 0 Å². The van der Waals surface area contributed by atoms with Crippen molar-refractivity contribution in [1.82, 2.24) is 19.2 Å². The number of carbonyl (C=O) groups excluding carboxylic acids is 1. The van der Waals surface area contributed by atoms with Crippen LogP contribution in [0.5, 0.6) is 0 Å². The highest BCUT2D eigenvalue weighted by Gasteiger charge is 2.39. The third kappa shape index (κ3) is 2.89. The average molecular weight is 369 g/mol. The second-order valence-corrected chi connectivity index (χ2v) is 6.27. The fraction of sp³-hybridized carbons (Fsp3) is 0.294. The van der Waals surface area contributed by atoms with E-state index in [-0.39, 0.29) is 23.3 Å². The van der Waals surface area contributed by atoms with E-state index in [2.05, 4.69) is 20.7 Å². The van der Waals surface area contributed by atoms with Crippen molar-refractivity contribution in [3.63, 3.8) is 0 Å². The number of nitrogens with two attached hydrogens (primary N) is 1. The summed E-state index contributed by atoms with van der Waals surface area (Å²) in [5.41, 5.74) is 6.09. The molecule has 3 heterocycles. The van der Waals surface area contributed by atoms with Crippen LogP contribution in [0.25, 0.3) is 5.65 Å². The van der Waals surface area contributed by atoms with Crippen LogP contribution in [0.2, 0.25) is 0 Å². The van der Waals surface area contributed by atoms with E-state index in [1.807, 2.05) is 0 Å². The number of fused-ring (bicyclic) bond motifs is 1. The van der Waals surface area contributed by atoms with Crippen LogP contribution in [-0.2, 0) is 4.74 Å². The topological polar surface area (TPSA) is 129 Å². The molecule has 0 saturated heterocycles. The van der Waals surface area contributed by atoms with Gasteiger partial charge in [0.2, 0.25) is 0 Å². The number of nitrogens with zero attached hydrogens (tertiary/aromatic N) is 4. The number of pyridine rings is 1. The van der Waals surface area contributed by atoms with E-state index in [9.17, 15) is 9.59 Å². The number of nitrogens with one attached hydrogen (secondary N) is 2. The van der Waals surface area contributed by atoms with Crippen molar-refractivity contribution in [2.75, 3.05) is 24.8 Å². The van der Waals surface area contributed by atoms with Gasteiger partial charge in [-0.2, -0.15) is 9.61 Å². The maximum atomic E-state index is 12.8. The third-order valence-corrected chi connectivity index (χ3v) is 4.59. The number of aromatic nitrogens is 4. The van der Waals surface area contributed by atoms with Gasteiger partial charge in [0, 0.05) is 26.4 Å². The Balaban J connectivity index is 1.74. The first-order valence-electron chi connectivity index (χ1n) is 8.40. The molecule has 1 saturated carbocycles. The number of hydrogen-bond acceptors (Lipinski definition) is 7. The molecule has 1 aliphatic carbocycles. The van der Waals surface area contributed by atoms with Crippen LogP contribution < -0.4 is 21.9 Å². The lowest BCUT2D eigenvalue weighted by Gasteiger charge is -2.11. The Kier molecular flexibility index (Phi) is 4.04. The summed E-state index contributed by atoms with van der Waals surface area (Å²) in [4.78, 5) is 28.8. The molecule has 0 aromatic carbocycles. The molecule has 1 amide bonds. The number of ether oxygens (including phenoxy) is 1. The normalized spacial score (nSPS) is 18.4. The Hall–Kier alpha value is -3.40. The van der Waals surface area contributed by atoms with Gasteiger partial charge in [-0.25, -0.2) is 4.98 Å². The van der Waals surface area contributed by atoms with E-state index >= 15 is 0 Å². The van der Waals surface area contributed by atoms with Crippen molar-refractivity contribution in [1.29, 1.82) is 0 Å². The van der Waals surface area contributed by atoms with Crippen LogP contribution in [0.4, 0.5) is 17.3 Å². The van der Waals surface area contributed by atoms with Crippen LogP contribution >= 0.6 is 0 Å². The lowest BCUT2D eigenvalue weighted by Crippen LogP contribution is -2.22. The van der Waals surface area contributed by atoms with Crippen LogP contribution in [0.1, 0.15) is 22.8 Å². The summed E-state index contributed by atoms with van der Waals surface area (Å²) in [5.74, 6) is 0.356. The molecule has 27 heavy (non-hydrogen) atoms. The maximum Gasteiger partial charge on any atom is 0.274 e. The standard InChI is InChI=1S/C17H19N7O3/c1-19-14-7-13(22-16-9(15(18)25)8-20-24(14)16)21-10-4-3-5-23(17(10)26)11-6-12(11)27-2/h3-5,7-8,11-12,19H,6H2,1-2H3,(H2,18,25)(H,21,22)/t11-,12-/m0/s1. The summed E-state index contributed by atoms with van der Waals surface area (Å²) in [6.07, 6.45) is 3.98. The Labute approximate surface area is 154 Å². The van der Waals surface area contributed by atoms with Gasteiger partial charge in [0.15, 0.2) is 5.65 Å². The van der Waals surface area contributed by atoms with Crippen molar-refractivity contribution in [3.8, 4) is 0 Å². The summed E-state index contributed by atoms with van der Waals surface area (Å²) in [6.45, 7) is 0. The van der Waals surface area contributed by atoms with Gasteiger partial charge in [0.25, 0.3) is 11.5 Å². The van der Waals surface area contributed by atoms with E-state index in [0.717, 1.165) is 6.42 Å². The first-order valence-corrected chi connectivity index (χ1v) is 8.40. The van der Waals surface area contributed by atoms with Gasteiger partial charge < -0.3 is 25.7 Å². The van der Waals surface area contributed by atoms with Gasteiger partial charge in [-0.15, -0.1) is 0 Å². The van der Waals surface area contributed by atoms with Crippen molar-refractivity contribution in [3.05, 3.63) is 46.5 Å². The van der Waals surface area contributed by atoms with Gasteiger partial charge in [-0.05, 0) is 18.6 Å². The van der Waals surface area contributed by atoms with E-state index in [1.54, 1.807) is 43.1 Å². The molecule has 4 N–H and O–H groups in total. The Morgan fingerprint density at radius 3 is 2.93 bits per heavy atom. The molecule has 3 aromatic heterocycles. The summed E-state index contributed by atoms with van der Waals surface area (Å²) < 4.78 is 8.42. The van der Waals surface area contributed by atoms with Gasteiger partial charge >= 0.3 is 0 Å². The minimum Gasteiger partial charge on any atom is -0.379 e.